The maximum absolute atomic E-state index is 13.5. The van der Waals surface area contributed by atoms with Crippen LogP contribution < -0.4 is 19.6 Å². The fraction of sp³-hybridized carbons (Fsp3) is 0.304. The molecule has 0 spiro atoms. The Morgan fingerprint density at radius 2 is 1.72 bits per heavy atom. The number of carbonyl (C=O) groups excluding carboxylic acids is 1. The SMILES string of the molecule is COc1cc([C@H]2c3c(oc4cc(C)c(Cl)cc4c3=O)C(=O)N2CCO)cc(OC)c1OC. The Morgan fingerprint density at radius 1 is 1.06 bits per heavy atom. The Hall–Kier alpha value is -3.23. The first-order valence-corrected chi connectivity index (χ1v) is 10.2. The molecular formula is C23H22ClNO7. The number of β-amino-alcohol motifs (C(OH)–C–C–N with tert-alkyl or cyclic N) is 1. The van der Waals surface area contributed by atoms with Gasteiger partial charge in [-0.2, -0.15) is 0 Å². The summed E-state index contributed by atoms with van der Waals surface area (Å²) in [5.74, 6) is 0.576. The van der Waals surface area contributed by atoms with Gasteiger partial charge in [0.15, 0.2) is 16.9 Å². The van der Waals surface area contributed by atoms with Gasteiger partial charge in [0.2, 0.25) is 11.5 Å². The van der Waals surface area contributed by atoms with Crippen LogP contribution in [0.25, 0.3) is 11.0 Å². The third-order valence-electron chi connectivity index (χ3n) is 5.59. The first-order valence-electron chi connectivity index (χ1n) is 9.84. The third kappa shape index (κ3) is 3.27. The van der Waals surface area contributed by atoms with Gasteiger partial charge in [-0.1, -0.05) is 11.6 Å². The van der Waals surface area contributed by atoms with E-state index in [0.717, 1.165) is 5.56 Å². The van der Waals surface area contributed by atoms with Crippen LogP contribution >= 0.6 is 11.6 Å². The summed E-state index contributed by atoms with van der Waals surface area (Å²) in [7, 11) is 4.44. The minimum Gasteiger partial charge on any atom is -0.493 e. The highest BCUT2D eigenvalue weighted by Gasteiger charge is 2.43. The first-order chi connectivity index (χ1) is 15.4. The van der Waals surface area contributed by atoms with Crippen LogP contribution in [0.15, 0.2) is 33.5 Å². The molecule has 3 aromatic rings. The van der Waals surface area contributed by atoms with Crippen molar-refractivity contribution in [3.05, 3.63) is 62.0 Å². The number of hydrogen-bond acceptors (Lipinski definition) is 7. The zero-order valence-corrected chi connectivity index (χ0v) is 18.8. The molecule has 168 valence electrons. The van der Waals surface area contributed by atoms with Gasteiger partial charge in [-0.15, -0.1) is 0 Å². The van der Waals surface area contributed by atoms with Gasteiger partial charge in [-0.05, 0) is 42.3 Å². The van der Waals surface area contributed by atoms with Crippen molar-refractivity contribution in [2.24, 2.45) is 0 Å². The number of amides is 1. The van der Waals surface area contributed by atoms with Crippen molar-refractivity contribution in [2.45, 2.75) is 13.0 Å². The average molecular weight is 460 g/mol. The molecule has 4 rings (SSSR count). The lowest BCUT2D eigenvalue weighted by Gasteiger charge is -2.25. The largest absolute Gasteiger partial charge is 0.493 e. The molecule has 1 aliphatic heterocycles. The second-order valence-corrected chi connectivity index (χ2v) is 7.76. The number of aliphatic hydroxyl groups is 1. The summed E-state index contributed by atoms with van der Waals surface area (Å²) in [5, 5.41) is 10.3. The normalized spacial score (nSPS) is 15.2. The van der Waals surface area contributed by atoms with Crippen LogP contribution in [-0.2, 0) is 0 Å². The Bertz CT molecular complexity index is 1260. The Balaban J connectivity index is 2.03. The number of rotatable bonds is 6. The average Bonchev–Trinajstić information content (AvgIpc) is 3.06. The minimum atomic E-state index is -0.820. The topological polar surface area (TPSA) is 98.4 Å². The van der Waals surface area contributed by atoms with E-state index in [1.807, 2.05) is 0 Å². The predicted octanol–water partition coefficient (Wildman–Crippen LogP) is 3.32. The van der Waals surface area contributed by atoms with Crippen LogP contribution in [0.4, 0.5) is 0 Å². The summed E-state index contributed by atoms with van der Waals surface area (Å²) >= 11 is 6.25. The number of carbonyl (C=O) groups is 1. The summed E-state index contributed by atoms with van der Waals surface area (Å²) in [6, 6.07) is 5.70. The van der Waals surface area contributed by atoms with E-state index in [4.69, 9.17) is 30.2 Å². The highest BCUT2D eigenvalue weighted by molar-refractivity contribution is 6.32. The van der Waals surface area contributed by atoms with Crippen LogP contribution in [0.2, 0.25) is 5.02 Å². The van der Waals surface area contributed by atoms with E-state index >= 15 is 0 Å². The lowest BCUT2D eigenvalue weighted by atomic mass is 9.97. The molecule has 8 nitrogen and oxygen atoms in total. The maximum atomic E-state index is 13.5. The molecule has 0 radical (unpaired) electrons. The second-order valence-electron chi connectivity index (χ2n) is 7.35. The number of methoxy groups -OCH3 is 3. The zero-order chi connectivity index (χ0) is 23.2. The summed E-state index contributed by atoms with van der Waals surface area (Å²) in [5.41, 5.74) is 1.35. The van der Waals surface area contributed by atoms with Crippen molar-refractivity contribution in [3.63, 3.8) is 0 Å². The third-order valence-corrected chi connectivity index (χ3v) is 6.00. The molecule has 1 N–H and O–H groups in total. The van der Waals surface area contributed by atoms with Gasteiger partial charge in [-0.3, -0.25) is 9.59 Å². The number of aliphatic hydroxyl groups excluding tert-OH is 1. The second kappa shape index (κ2) is 8.37. The summed E-state index contributed by atoms with van der Waals surface area (Å²) in [6.45, 7) is 1.49. The van der Waals surface area contributed by atoms with Crippen molar-refractivity contribution in [3.8, 4) is 17.2 Å². The van der Waals surface area contributed by atoms with Gasteiger partial charge >= 0.3 is 0 Å². The zero-order valence-electron chi connectivity index (χ0n) is 18.0. The molecule has 0 saturated heterocycles. The standard InChI is InChI=1S/C23H22ClNO7/c1-11-7-15-13(10-14(11)24)20(27)18-19(25(5-6-26)23(28)22(18)32-15)12-8-16(29-2)21(31-4)17(9-12)30-3/h7-10,19,26H,5-6H2,1-4H3/t19-/m0/s1. The number of benzene rings is 2. The van der Waals surface area contributed by atoms with Gasteiger partial charge in [-0.25, -0.2) is 0 Å². The molecule has 2 heterocycles. The molecule has 0 unspecified atom stereocenters. The number of nitrogens with zero attached hydrogens (tertiary/aromatic N) is 1. The summed E-state index contributed by atoms with van der Waals surface area (Å²) in [4.78, 5) is 28.2. The first kappa shape index (κ1) is 22.0. The Kier molecular flexibility index (Phi) is 5.75. The number of hydrogen-bond donors (Lipinski definition) is 1. The van der Waals surface area contributed by atoms with Crippen molar-refractivity contribution < 1.29 is 28.5 Å². The van der Waals surface area contributed by atoms with Gasteiger partial charge in [0.05, 0.1) is 44.9 Å². The van der Waals surface area contributed by atoms with Crippen LogP contribution in [0.5, 0.6) is 17.2 Å². The molecule has 0 bridgehead atoms. The van der Waals surface area contributed by atoms with E-state index in [2.05, 4.69) is 0 Å². The van der Waals surface area contributed by atoms with Crippen molar-refractivity contribution >= 4 is 28.5 Å². The quantitative estimate of drug-likeness (QED) is 0.603. The monoisotopic (exact) mass is 459 g/mol. The molecule has 32 heavy (non-hydrogen) atoms. The van der Waals surface area contributed by atoms with E-state index < -0.39 is 11.9 Å². The van der Waals surface area contributed by atoms with Crippen LogP contribution in [-0.4, -0.2) is 50.4 Å². The molecule has 9 heteroatoms. The predicted molar refractivity (Wildman–Crippen MR) is 118 cm³/mol. The number of fused-ring (bicyclic) bond motifs is 2. The van der Waals surface area contributed by atoms with Crippen LogP contribution in [0, 0.1) is 6.92 Å². The van der Waals surface area contributed by atoms with E-state index in [9.17, 15) is 14.7 Å². The molecular weight excluding hydrogens is 438 g/mol. The van der Waals surface area contributed by atoms with Gasteiger partial charge < -0.3 is 28.6 Å². The number of ether oxygens (including phenoxy) is 3. The molecule has 1 aromatic heterocycles. The van der Waals surface area contributed by atoms with Crippen LogP contribution in [0.1, 0.15) is 33.3 Å². The lowest BCUT2D eigenvalue weighted by Crippen LogP contribution is -2.32. The van der Waals surface area contributed by atoms with E-state index in [1.165, 1.54) is 26.2 Å². The van der Waals surface area contributed by atoms with E-state index in [-0.39, 0.29) is 40.9 Å². The van der Waals surface area contributed by atoms with Crippen molar-refractivity contribution in [1.29, 1.82) is 0 Å². The molecule has 1 atom stereocenters. The number of aryl methyl sites for hydroxylation is 1. The smallest absolute Gasteiger partial charge is 0.290 e. The van der Waals surface area contributed by atoms with Crippen LogP contribution in [0.3, 0.4) is 0 Å². The lowest BCUT2D eigenvalue weighted by molar-refractivity contribution is 0.0691. The number of halogens is 1. The van der Waals surface area contributed by atoms with Crippen molar-refractivity contribution in [2.75, 3.05) is 34.5 Å². The van der Waals surface area contributed by atoms with Gasteiger partial charge in [0.25, 0.3) is 5.91 Å². The Labute approximate surface area is 188 Å². The molecule has 2 aromatic carbocycles. The molecule has 1 amide bonds. The summed E-state index contributed by atoms with van der Waals surface area (Å²) < 4.78 is 22.2. The molecule has 0 aliphatic carbocycles. The Morgan fingerprint density at radius 3 is 2.28 bits per heavy atom. The summed E-state index contributed by atoms with van der Waals surface area (Å²) in [6.07, 6.45) is 0. The van der Waals surface area contributed by atoms with E-state index in [0.29, 0.717) is 27.8 Å². The van der Waals surface area contributed by atoms with Gasteiger partial charge in [0, 0.05) is 11.6 Å². The molecule has 1 aliphatic rings. The maximum Gasteiger partial charge on any atom is 0.290 e. The highest BCUT2D eigenvalue weighted by Crippen LogP contribution is 2.45. The molecule has 0 fully saturated rings. The molecule has 0 saturated carbocycles. The van der Waals surface area contributed by atoms with E-state index in [1.54, 1.807) is 31.2 Å². The fourth-order valence-corrected chi connectivity index (χ4v) is 4.25. The minimum absolute atomic E-state index is 0.0000701. The van der Waals surface area contributed by atoms with Gasteiger partial charge in [0.1, 0.15) is 5.58 Å². The highest BCUT2D eigenvalue weighted by atomic mass is 35.5. The fourth-order valence-electron chi connectivity index (χ4n) is 4.09. The van der Waals surface area contributed by atoms with Crippen molar-refractivity contribution in [1.82, 2.24) is 4.90 Å².